The Morgan fingerprint density at radius 2 is 2.00 bits per heavy atom. The van der Waals surface area contributed by atoms with Crippen molar-refractivity contribution in [2.24, 2.45) is 5.92 Å². The van der Waals surface area contributed by atoms with E-state index in [1.807, 2.05) is 6.92 Å². The van der Waals surface area contributed by atoms with Gasteiger partial charge in [-0.05, 0) is 30.9 Å². The van der Waals surface area contributed by atoms with Gasteiger partial charge in [-0.15, -0.1) is 0 Å². The number of amides is 1. The van der Waals surface area contributed by atoms with Crippen molar-refractivity contribution in [3.05, 3.63) is 33.9 Å². The quantitative estimate of drug-likeness (QED) is 0.341. The fraction of sp³-hybridized carbons (Fsp3) is 0.526. The van der Waals surface area contributed by atoms with E-state index in [9.17, 15) is 24.5 Å². The van der Waals surface area contributed by atoms with Crippen LogP contribution in [0.1, 0.15) is 43.5 Å². The Morgan fingerprint density at radius 1 is 1.31 bits per heavy atom. The molecule has 1 aromatic rings. The number of carbonyl (C=O) groups excluding carboxylic acids is 3. The van der Waals surface area contributed by atoms with Crippen molar-refractivity contribution in [3.63, 3.8) is 0 Å². The third-order valence-corrected chi connectivity index (χ3v) is 4.69. The van der Waals surface area contributed by atoms with Gasteiger partial charge in [0.2, 0.25) is 0 Å². The summed E-state index contributed by atoms with van der Waals surface area (Å²) >= 11 is 0. The number of nitro groups is 1. The van der Waals surface area contributed by atoms with Gasteiger partial charge in [0.1, 0.15) is 11.7 Å². The summed E-state index contributed by atoms with van der Waals surface area (Å²) in [6, 6.07) is 3.31. The number of ether oxygens (including phenoxy) is 2. The molecule has 0 unspecified atom stereocenters. The Hall–Kier alpha value is -3.17. The summed E-state index contributed by atoms with van der Waals surface area (Å²) in [5, 5.41) is 16.8. The van der Waals surface area contributed by atoms with Crippen LogP contribution in [-0.4, -0.2) is 48.6 Å². The summed E-state index contributed by atoms with van der Waals surface area (Å²) in [6.45, 7) is 3.02. The average Bonchev–Trinajstić information content (AvgIpc) is 3.53. The standard InChI is InChI=1S/C19H25N3O7/c1-4-11(2)17(19(25)28-3)21-16(23)10-29-18(24)12-5-8-14(20-13-6-7-13)15(9-12)22(26)27/h5,8-9,11,13,17,20H,4,6-7,10H2,1-3H3,(H,21,23)/t11-,17+/m0/s1. The van der Waals surface area contributed by atoms with E-state index in [4.69, 9.17) is 4.74 Å². The molecule has 2 rings (SSSR count). The summed E-state index contributed by atoms with van der Waals surface area (Å²) in [5.74, 6) is -2.31. The second kappa shape index (κ2) is 9.85. The van der Waals surface area contributed by atoms with Crippen LogP contribution >= 0.6 is 0 Å². The molecule has 0 spiro atoms. The van der Waals surface area contributed by atoms with Gasteiger partial charge in [0.25, 0.3) is 11.6 Å². The van der Waals surface area contributed by atoms with Gasteiger partial charge in [-0.25, -0.2) is 9.59 Å². The summed E-state index contributed by atoms with van der Waals surface area (Å²) in [6.07, 6.45) is 2.52. The zero-order valence-electron chi connectivity index (χ0n) is 16.6. The molecular weight excluding hydrogens is 382 g/mol. The first-order valence-electron chi connectivity index (χ1n) is 9.36. The third-order valence-electron chi connectivity index (χ3n) is 4.69. The fourth-order valence-corrected chi connectivity index (χ4v) is 2.61. The van der Waals surface area contributed by atoms with Crippen molar-refractivity contribution in [1.82, 2.24) is 5.32 Å². The highest BCUT2D eigenvalue weighted by atomic mass is 16.6. The van der Waals surface area contributed by atoms with E-state index in [2.05, 4.69) is 15.4 Å². The van der Waals surface area contributed by atoms with E-state index in [0.717, 1.165) is 18.9 Å². The van der Waals surface area contributed by atoms with Crippen molar-refractivity contribution < 1.29 is 28.8 Å². The minimum Gasteiger partial charge on any atom is -0.467 e. The van der Waals surface area contributed by atoms with Crippen LogP contribution in [0.3, 0.4) is 0 Å². The second-order valence-corrected chi connectivity index (χ2v) is 6.94. The first-order valence-corrected chi connectivity index (χ1v) is 9.36. The maximum atomic E-state index is 12.2. The molecule has 0 heterocycles. The minimum atomic E-state index is -0.876. The highest BCUT2D eigenvalue weighted by Gasteiger charge is 2.28. The summed E-state index contributed by atoms with van der Waals surface area (Å²) < 4.78 is 9.62. The zero-order valence-corrected chi connectivity index (χ0v) is 16.6. The molecule has 0 saturated heterocycles. The van der Waals surface area contributed by atoms with Gasteiger partial charge in [-0.1, -0.05) is 20.3 Å². The number of rotatable bonds is 10. The first kappa shape index (κ1) is 22.1. The van der Waals surface area contributed by atoms with Gasteiger partial charge in [0.05, 0.1) is 17.6 Å². The highest BCUT2D eigenvalue weighted by molar-refractivity contribution is 5.93. The lowest BCUT2D eigenvalue weighted by molar-refractivity contribution is -0.384. The van der Waals surface area contributed by atoms with Crippen molar-refractivity contribution in [3.8, 4) is 0 Å². The summed E-state index contributed by atoms with van der Waals surface area (Å²) in [5.41, 5.74) is 0.0527. The number of benzene rings is 1. The molecule has 0 radical (unpaired) electrons. The van der Waals surface area contributed by atoms with Crippen molar-refractivity contribution in [2.75, 3.05) is 19.0 Å². The molecule has 29 heavy (non-hydrogen) atoms. The van der Waals surface area contributed by atoms with Crippen LogP contribution in [0, 0.1) is 16.0 Å². The number of anilines is 1. The molecule has 0 aromatic heterocycles. The van der Waals surface area contributed by atoms with Crippen LogP contribution in [-0.2, 0) is 19.1 Å². The van der Waals surface area contributed by atoms with Gasteiger partial charge in [0, 0.05) is 12.1 Å². The molecule has 1 aliphatic rings. The Balaban J connectivity index is 1.98. The molecule has 0 bridgehead atoms. The lowest BCUT2D eigenvalue weighted by Crippen LogP contribution is -2.47. The number of hydrogen-bond donors (Lipinski definition) is 2. The molecule has 10 nitrogen and oxygen atoms in total. The van der Waals surface area contributed by atoms with E-state index in [-0.39, 0.29) is 23.2 Å². The maximum absolute atomic E-state index is 12.2. The molecule has 1 amide bonds. The summed E-state index contributed by atoms with van der Waals surface area (Å²) in [4.78, 5) is 46.8. The van der Waals surface area contributed by atoms with E-state index in [1.54, 1.807) is 6.92 Å². The SMILES string of the molecule is CC[C@H](C)[C@@H](NC(=O)COC(=O)c1ccc(NC2CC2)c([N+](=O)[O-])c1)C(=O)OC. The Kier molecular flexibility index (Phi) is 7.52. The van der Waals surface area contributed by atoms with Crippen LogP contribution < -0.4 is 10.6 Å². The monoisotopic (exact) mass is 407 g/mol. The number of methoxy groups -OCH3 is 1. The van der Waals surface area contributed by atoms with Gasteiger partial charge in [-0.3, -0.25) is 14.9 Å². The molecule has 1 aromatic carbocycles. The van der Waals surface area contributed by atoms with Crippen LogP contribution in [0.2, 0.25) is 0 Å². The molecule has 158 valence electrons. The normalized spacial score (nSPS) is 15.0. The third kappa shape index (κ3) is 6.16. The number of carbonyl (C=O) groups is 3. The van der Waals surface area contributed by atoms with E-state index >= 15 is 0 Å². The van der Waals surface area contributed by atoms with Crippen molar-refractivity contribution >= 4 is 29.2 Å². The van der Waals surface area contributed by atoms with E-state index in [0.29, 0.717) is 12.1 Å². The Labute approximate surface area is 168 Å². The molecule has 10 heteroatoms. The van der Waals surface area contributed by atoms with Crippen LogP contribution in [0.4, 0.5) is 11.4 Å². The number of nitrogens with one attached hydrogen (secondary N) is 2. The molecule has 0 aliphatic heterocycles. The lowest BCUT2D eigenvalue weighted by atomic mass is 9.99. The summed E-state index contributed by atoms with van der Waals surface area (Å²) in [7, 11) is 1.22. The van der Waals surface area contributed by atoms with Crippen molar-refractivity contribution in [2.45, 2.75) is 45.2 Å². The highest BCUT2D eigenvalue weighted by Crippen LogP contribution is 2.31. The molecule has 2 atom stereocenters. The minimum absolute atomic E-state index is 0.0442. The first-order chi connectivity index (χ1) is 13.8. The molecular formula is C19H25N3O7. The van der Waals surface area contributed by atoms with Gasteiger partial charge in [-0.2, -0.15) is 0 Å². The second-order valence-electron chi connectivity index (χ2n) is 6.94. The molecule has 2 N–H and O–H groups in total. The largest absolute Gasteiger partial charge is 0.467 e. The number of nitrogens with zero attached hydrogens (tertiary/aromatic N) is 1. The van der Waals surface area contributed by atoms with Crippen LogP contribution in [0.15, 0.2) is 18.2 Å². The fourth-order valence-electron chi connectivity index (χ4n) is 2.61. The zero-order chi connectivity index (χ0) is 21.6. The predicted molar refractivity (Wildman–Crippen MR) is 103 cm³/mol. The molecule has 1 saturated carbocycles. The van der Waals surface area contributed by atoms with Crippen LogP contribution in [0.25, 0.3) is 0 Å². The van der Waals surface area contributed by atoms with E-state index < -0.39 is 35.4 Å². The maximum Gasteiger partial charge on any atom is 0.338 e. The topological polar surface area (TPSA) is 137 Å². The Bertz CT molecular complexity index is 792. The van der Waals surface area contributed by atoms with Gasteiger partial charge in [0.15, 0.2) is 6.61 Å². The van der Waals surface area contributed by atoms with Gasteiger partial charge < -0.3 is 20.1 Å². The number of nitro benzene ring substituents is 1. The lowest BCUT2D eigenvalue weighted by Gasteiger charge is -2.21. The smallest absolute Gasteiger partial charge is 0.338 e. The average molecular weight is 407 g/mol. The van der Waals surface area contributed by atoms with Crippen molar-refractivity contribution in [1.29, 1.82) is 0 Å². The predicted octanol–water partition coefficient (Wildman–Crippen LogP) is 2.03. The van der Waals surface area contributed by atoms with Crippen LogP contribution in [0.5, 0.6) is 0 Å². The van der Waals surface area contributed by atoms with E-state index in [1.165, 1.54) is 19.2 Å². The molecule has 1 fully saturated rings. The number of hydrogen-bond acceptors (Lipinski definition) is 8. The van der Waals surface area contributed by atoms with Gasteiger partial charge >= 0.3 is 11.9 Å². The molecule has 1 aliphatic carbocycles. The Morgan fingerprint density at radius 3 is 2.55 bits per heavy atom. The number of esters is 2.